The second kappa shape index (κ2) is 9.19. The number of hydrogen-bond acceptors (Lipinski definition) is 7. The smallest absolute Gasteiger partial charge is 0.341 e. The maximum atomic E-state index is 14.0. The summed E-state index contributed by atoms with van der Waals surface area (Å²) < 4.78 is 5.26. The number of para-hydroxylation sites is 1. The molecule has 0 spiro atoms. The first-order chi connectivity index (χ1) is 17.2. The van der Waals surface area contributed by atoms with Crippen LogP contribution in [0, 0.1) is 33.6 Å². The van der Waals surface area contributed by atoms with Crippen LogP contribution in [0.3, 0.4) is 0 Å². The van der Waals surface area contributed by atoms with Crippen LogP contribution in [0.2, 0.25) is 0 Å². The first-order valence-electron chi connectivity index (χ1n) is 12.0. The highest BCUT2D eigenvalue weighted by Gasteiger charge is 2.61. The zero-order valence-electron chi connectivity index (χ0n) is 20.9. The minimum Gasteiger partial charge on any atom is -0.462 e. The second-order valence-corrected chi connectivity index (χ2v) is 10.4. The number of rotatable bonds is 5. The van der Waals surface area contributed by atoms with Crippen molar-refractivity contribution in [1.29, 1.82) is 0 Å². The molecule has 2 aliphatic heterocycles. The molecule has 0 unspecified atom stereocenters. The van der Waals surface area contributed by atoms with E-state index in [1.165, 1.54) is 11.3 Å². The molecule has 7 nitrogen and oxygen atoms in total. The standard InChI is InChI=1S/C28H28N2O5S/c1-6-34-28(33)21-17(4)18(5)36-27(21)29-25(31)22-23(19-13-11-15(2)12-14-19)30(35-24(22)26(29)32)20-10-8-7-9-16(20)3/h7-14,22-24H,6H2,1-5H3/t22-,23-,24-/m0/s1. The number of amides is 2. The summed E-state index contributed by atoms with van der Waals surface area (Å²) in [5.74, 6) is -2.15. The first kappa shape index (κ1) is 24.2. The van der Waals surface area contributed by atoms with Crippen LogP contribution in [0.15, 0.2) is 48.5 Å². The number of thiophene rings is 1. The molecule has 8 heteroatoms. The maximum Gasteiger partial charge on any atom is 0.341 e. The van der Waals surface area contributed by atoms with Crippen LogP contribution in [0.25, 0.3) is 0 Å². The van der Waals surface area contributed by atoms with Gasteiger partial charge in [0, 0.05) is 4.88 Å². The van der Waals surface area contributed by atoms with Crippen LogP contribution < -0.4 is 9.96 Å². The Hall–Kier alpha value is -3.49. The number of carbonyl (C=O) groups is 3. The lowest BCUT2D eigenvalue weighted by atomic mass is 9.90. The van der Waals surface area contributed by atoms with E-state index in [0.717, 1.165) is 32.2 Å². The van der Waals surface area contributed by atoms with Crippen LogP contribution in [0.5, 0.6) is 0 Å². The van der Waals surface area contributed by atoms with E-state index in [2.05, 4.69) is 0 Å². The third-order valence-corrected chi connectivity index (χ3v) is 8.13. The minimum absolute atomic E-state index is 0.198. The van der Waals surface area contributed by atoms with Gasteiger partial charge in [0.2, 0.25) is 5.91 Å². The number of carbonyl (C=O) groups excluding carboxylic acids is 3. The summed E-state index contributed by atoms with van der Waals surface area (Å²) in [4.78, 5) is 48.8. The van der Waals surface area contributed by atoms with Gasteiger partial charge in [-0.05, 0) is 57.4 Å². The number of nitrogens with zero attached hydrogens (tertiary/aromatic N) is 2. The molecule has 2 fully saturated rings. The number of imide groups is 1. The minimum atomic E-state index is -0.999. The van der Waals surface area contributed by atoms with Crippen molar-refractivity contribution in [1.82, 2.24) is 0 Å². The topological polar surface area (TPSA) is 76.2 Å². The molecule has 0 radical (unpaired) electrons. The fourth-order valence-corrected chi connectivity index (χ4v) is 6.10. The number of aryl methyl sites for hydroxylation is 3. The van der Waals surface area contributed by atoms with E-state index in [1.54, 1.807) is 18.9 Å². The lowest BCUT2D eigenvalue weighted by molar-refractivity contribution is -0.126. The summed E-state index contributed by atoms with van der Waals surface area (Å²) in [5.41, 5.74) is 4.73. The van der Waals surface area contributed by atoms with Crippen molar-refractivity contribution in [2.45, 2.75) is 46.8 Å². The van der Waals surface area contributed by atoms with Gasteiger partial charge in [0.1, 0.15) is 10.9 Å². The van der Waals surface area contributed by atoms with E-state index >= 15 is 0 Å². The van der Waals surface area contributed by atoms with E-state index in [9.17, 15) is 14.4 Å². The Morgan fingerprint density at radius 2 is 1.69 bits per heavy atom. The average Bonchev–Trinajstić information content (AvgIpc) is 3.45. The third-order valence-electron chi connectivity index (χ3n) is 6.94. The van der Waals surface area contributed by atoms with Gasteiger partial charge in [0.25, 0.3) is 5.91 Å². The average molecular weight is 505 g/mol. The highest BCUT2D eigenvalue weighted by Crippen LogP contribution is 2.50. The highest BCUT2D eigenvalue weighted by atomic mass is 32.1. The molecule has 2 amide bonds. The maximum absolute atomic E-state index is 14.0. The number of esters is 1. The van der Waals surface area contributed by atoms with Gasteiger partial charge in [-0.2, -0.15) is 0 Å². The van der Waals surface area contributed by atoms with Crippen molar-refractivity contribution < 1.29 is 24.0 Å². The molecule has 2 aliphatic rings. The van der Waals surface area contributed by atoms with E-state index in [-0.39, 0.29) is 18.1 Å². The molecule has 3 aromatic rings. The summed E-state index contributed by atoms with van der Waals surface area (Å²) in [5, 5.41) is 2.01. The quantitative estimate of drug-likeness (QED) is 0.351. The first-order valence-corrected chi connectivity index (χ1v) is 12.8. The molecule has 2 aromatic carbocycles. The fraction of sp³-hybridized carbons (Fsp3) is 0.321. The Bertz CT molecular complexity index is 1360. The third kappa shape index (κ3) is 3.72. The van der Waals surface area contributed by atoms with Gasteiger partial charge in [-0.25, -0.2) is 14.8 Å². The molecular weight excluding hydrogens is 476 g/mol. The molecule has 0 saturated carbocycles. The van der Waals surface area contributed by atoms with E-state index in [4.69, 9.17) is 9.57 Å². The van der Waals surface area contributed by atoms with Crippen molar-refractivity contribution in [2.24, 2.45) is 5.92 Å². The lowest BCUT2D eigenvalue weighted by Crippen LogP contribution is -2.38. The van der Waals surface area contributed by atoms with Crippen LogP contribution >= 0.6 is 11.3 Å². The van der Waals surface area contributed by atoms with Gasteiger partial charge >= 0.3 is 5.97 Å². The summed E-state index contributed by atoms with van der Waals surface area (Å²) >= 11 is 1.25. The number of fused-ring (bicyclic) bond motifs is 1. The molecule has 0 bridgehead atoms. The molecule has 2 saturated heterocycles. The van der Waals surface area contributed by atoms with Gasteiger partial charge in [0.15, 0.2) is 6.10 Å². The Morgan fingerprint density at radius 1 is 1.00 bits per heavy atom. The molecule has 36 heavy (non-hydrogen) atoms. The van der Waals surface area contributed by atoms with Crippen LogP contribution in [-0.4, -0.2) is 30.5 Å². The van der Waals surface area contributed by atoms with Gasteiger partial charge in [-0.1, -0.05) is 48.0 Å². The Kier molecular flexibility index (Phi) is 6.18. The molecule has 3 heterocycles. The van der Waals surface area contributed by atoms with E-state index in [0.29, 0.717) is 10.6 Å². The molecule has 186 valence electrons. The molecule has 5 rings (SSSR count). The summed E-state index contributed by atoms with van der Waals surface area (Å²) in [6.45, 7) is 9.56. The SMILES string of the molecule is CCOC(=O)c1c(N2C(=O)[C@@H]3[C@H](ON(c4ccccc4C)[C@H]3c3ccc(C)cc3)C2=O)sc(C)c1C. The van der Waals surface area contributed by atoms with Crippen molar-refractivity contribution in [3.05, 3.63) is 81.2 Å². The summed E-state index contributed by atoms with van der Waals surface area (Å²) in [6, 6.07) is 15.2. The largest absolute Gasteiger partial charge is 0.462 e. The summed E-state index contributed by atoms with van der Waals surface area (Å²) in [6.07, 6.45) is -0.999. The predicted octanol–water partition coefficient (Wildman–Crippen LogP) is 5.21. The van der Waals surface area contributed by atoms with Crippen molar-refractivity contribution in [3.63, 3.8) is 0 Å². The highest BCUT2D eigenvalue weighted by molar-refractivity contribution is 7.17. The van der Waals surface area contributed by atoms with E-state index < -0.39 is 29.9 Å². The second-order valence-electron chi connectivity index (χ2n) is 9.22. The molecule has 0 N–H and O–H groups in total. The number of benzene rings is 2. The zero-order chi connectivity index (χ0) is 25.7. The van der Waals surface area contributed by atoms with Crippen LogP contribution in [-0.2, 0) is 19.2 Å². The predicted molar refractivity (Wildman–Crippen MR) is 138 cm³/mol. The van der Waals surface area contributed by atoms with Crippen molar-refractivity contribution in [3.8, 4) is 0 Å². The van der Waals surface area contributed by atoms with E-state index in [1.807, 2.05) is 69.3 Å². The Labute approximate surface area is 214 Å². The Morgan fingerprint density at radius 3 is 2.36 bits per heavy atom. The van der Waals surface area contributed by atoms with Gasteiger partial charge in [0.05, 0.1) is 23.9 Å². The van der Waals surface area contributed by atoms with Crippen molar-refractivity contribution >= 4 is 39.8 Å². The summed E-state index contributed by atoms with van der Waals surface area (Å²) in [7, 11) is 0. The van der Waals surface area contributed by atoms with Crippen LogP contribution in [0.1, 0.15) is 50.5 Å². The number of anilines is 2. The fourth-order valence-electron chi connectivity index (χ4n) is 4.95. The molecular formula is C28H28N2O5S. The van der Waals surface area contributed by atoms with Crippen molar-refractivity contribution in [2.75, 3.05) is 16.6 Å². The Balaban J connectivity index is 1.61. The number of hydrogen-bond donors (Lipinski definition) is 0. The molecule has 0 aliphatic carbocycles. The monoisotopic (exact) mass is 504 g/mol. The van der Waals surface area contributed by atoms with Crippen LogP contribution in [0.4, 0.5) is 10.7 Å². The lowest BCUT2D eigenvalue weighted by Gasteiger charge is -2.29. The zero-order valence-corrected chi connectivity index (χ0v) is 21.7. The van der Waals surface area contributed by atoms with Gasteiger partial charge in [-0.15, -0.1) is 11.3 Å². The molecule has 1 aromatic heterocycles. The van der Waals surface area contributed by atoms with Gasteiger partial charge < -0.3 is 4.74 Å². The number of ether oxygens (including phenoxy) is 1. The molecule has 3 atom stereocenters. The number of hydroxylamine groups is 1. The van der Waals surface area contributed by atoms with Gasteiger partial charge in [-0.3, -0.25) is 14.4 Å². The normalized spacial score (nSPS) is 21.3.